The molecule has 1 saturated heterocycles. The average molecular weight is 526 g/mol. The number of carboxylic acid groups (broad SMARTS) is 1. The zero-order valence-corrected chi connectivity index (χ0v) is 21.8. The van der Waals surface area contributed by atoms with E-state index in [0.717, 1.165) is 25.7 Å². The van der Waals surface area contributed by atoms with Crippen molar-refractivity contribution in [2.75, 3.05) is 26.2 Å². The van der Waals surface area contributed by atoms with Crippen LogP contribution in [0.1, 0.15) is 72.9 Å². The number of nitrogens with zero attached hydrogens (tertiary/aromatic N) is 5. The molecule has 0 bridgehead atoms. The maximum Gasteiger partial charge on any atom is 0.407 e. The molecule has 1 atom stereocenters. The molecule has 1 aliphatic heterocycles. The summed E-state index contributed by atoms with van der Waals surface area (Å²) in [5, 5.41) is 16.5. The monoisotopic (exact) mass is 525 g/mol. The third-order valence-electron chi connectivity index (χ3n) is 7.98. The first-order chi connectivity index (χ1) is 18.4. The molecule has 2 aliphatic rings. The molecule has 10 nitrogen and oxygen atoms in total. The molecule has 1 unspecified atom stereocenters. The molecule has 204 valence electrons. The molecule has 2 amide bonds. The summed E-state index contributed by atoms with van der Waals surface area (Å²) in [6.45, 7) is 2.32. The smallest absolute Gasteiger partial charge is 0.407 e. The van der Waals surface area contributed by atoms with E-state index in [1.807, 2.05) is 6.07 Å². The fourth-order valence-corrected chi connectivity index (χ4v) is 5.75. The van der Waals surface area contributed by atoms with Gasteiger partial charge in [0, 0.05) is 51.5 Å². The van der Waals surface area contributed by atoms with Gasteiger partial charge in [0.05, 0.1) is 11.6 Å². The van der Waals surface area contributed by atoms with Crippen LogP contribution in [0.15, 0.2) is 24.4 Å². The largest absolute Gasteiger partial charge is 0.465 e. The topological polar surface area (TPSA) is 119 Å². The normalized spacial score (nSPS) is 18.7. The average Bonchev–Trinajstić information content (AvgIpc) is 3.51. The number of hydrogen-bond donors (Lipinski definition) is 3. The number of aryl methyl sites for hydroxylation is 1. The number of aromatic nitrogens is 4. The number of hydrogen-bond acceptors (Lipinski definition) is 5. The molecular formula is C27H36FN7O3. The van der Waals surface area contributed by atoms with Crippen LogP contribution in [0.3, 0.4) is 0 Å². The Morgan fingerprint density at radius 2 is 1.82 bits per heavy atom. The van der Waals surface area contributed by atoms with Crippen molar-refractivity contribution in [3.05, 3.63) is 47.3 Å². The lowest BCUT2D eigenvalue weighted by Crippen LogP contribution is -2.47. The highest BCUT2D eigenvalue weighted by Gasteiger charge is 2.30. The lowest BCUT2D eigenvalue weighted by atomic mass is 9.85. The highest BCUT2D eigenvalue weighted by Crippen LogP contribution is 2.34. The zero-order valence-electron chi connectivity index (χ0n) is 21.8. The number of halogens is 1. The molecule has 3 aromatic rings. The predicted molar refractivity (Wildman–Crippen MR) is 140 cm³/mol. The van der Waals surface area contributed by atoms with E-state index >= 15 is 4.39 Å². The summed E-state index contributed by atoms with van der Waals surface area (Å²) in [7, 11) is 1.74. The molecule has 2 aromatic heterocycles. The van der Waals surface area contributed by atoms with E-state index < -0.39 is 6.09 Å². The van der Waals surface area contributed by atoms with E-state index in [4.69, 9.17) is 4.98 Å². The Bertz CT molecular complexity index is 1270. The summed E-state index contributed by atoms with van der Waals surface area (Å²) in [5.74, 6) is 0.174. The van der Waals surface area contributed by atoms with Gasteiger partial charge in [0.25, 0.3) is 5.91 Å². The van der Waals surface area contributed by atoms with Crippen LogP contribution in [-0.2, 0) is 13.6 Å². The Balaban J connectivity index is 1.40. The van der Waals surface area contributed by atoms with E-state index in [1.54, 1.807) is 30.1 Å². The van der Waals surface area contributed by atoms with Crippen LogP contribution in [0, 0.1) is 11.7 Å². The highest BCUT2D eigenvalue weighted by molar-refractivity contribution is 5.92. The fraction of sp³-hybridized carbons (Fsp3) is 0.556. The first-order valence-corrected chi connectivity index (χ1v) is 13.6. The van der Waals surface area contributed by atoms with Gasteiger partial charge in [-0.3, -0.25) is 14.4 Å². The standard InChI is InChI=1S/C27H36FN7O3/c1-33-21(11-12-29-33)26(36)32-23(18-7-5-3-2-4-6-8-18)25-30-20-10-9-19(22(28)24(20)31-25)17-34-13-15-35(16-14-34)27(37)38/h9-12,18,23H,2-8,13-17H2,1H3,(H,30,31)(H,32,36)(H,37,38). The van der Waals surface area contributed by atoms with Crippen LogP contribution in [-0.4, -0.2) is 72.8 Å². The van der Waals surface area contributed by atoms with E-state index in [0.29, 0.717) is 55.3 Å². The van der Waals surface area contributed by atoms with Gasteiger partial charge in [0.15, 0.2) is 5.82 Å². The van der Waals surface area contributed by atoms with Crippen LogP contribution >= 0.6 is 0 Å². The number of carbonyl (C=O) groups excluding carboxylic acids is 1. The number of benzene rings is 1. The van der Waals surface area contributed by atoms with Crippen LogP contribution in [0.2, 0.25) is 0 Å². The van der Waals surface area contributed by atoms with Crippen molar-refractivity contribution in [3.63, 3.8) is 0 Å². The lowest BCUT2D eigenvalue weighted by molar-refractivity contribution is 0.0902. The van der Waals surface area contributed by atoms with Gasteiger partial charge in [-0.05, 0) is 30.9 Å². The minimum absolute atomic E-state index is 0.195. The Morgan fingerprint density at radius 3 is 2.47 bits per heavy atom. The van der Waals surface area contributed by atoms with Crippen molar-refractivity contribution in [3.8, 4) is 0 Å². The molecule has 0 radical (unpaired) electrons. The number of imidazole rings is 1. The second-order valence-electron chi connectivity index (χ2n) is 10.5. The van der Waals surface area contributed by atoms with E-state index in [9.17, 15) is 14.7 Å². The lowest BCUT2D eigenvalue weighted by Gasteiger charge is -2.33. The molecule has 2 fully saturated rings. The molecule has 38 heavy (non-hydrogen) atoms. The number of piperazine rings is 1. The first kappa shape index (κ1) is 26.1. The van der Waals surface area contributed by atoms with Gasteiger partial charge in [0.1, 0.15) is 17.0 Å². The molecule has 11 heteroatoms. The quantitative estimate of drug-likeness (QED) is 0.447. The Hall–Kier alpha value is -3.47. The third-order valence-corrected chi connectivity index (χ3v) is 7.98. The van der Waals surface area contributed by atoms with Crippen LogP contribution in [0.25, 0.3) is 11.0 Å². The molecule has 5 rings (SSSR count). The van der Waals surface area contributed by atoms with E-state index in [1.165, 1.54) is 24.2 Å². The molecule has 3 N–H and O–H groups in total. The van der Waals surface area contributed by atoms with Crippen molar-refractivity contribution >= 4 is 23.0 Å². The highest BCUT2D eigenvalue weighted by atomic mass is 19.1. The number of nitrogens with one attached hydrogen (secondary N) is 2. The summed E-state index contributed by atoms with van der Waals surface area (Å²) >= 11 is 0. The van der Waals surface area contributed by atoms with Crippen LogP contribution in [0.4, 0.5) is 9.18 Å². The van der Waals surface area contributed by atoms with Crippen molar-refractivity contribution in [2.24, 2.45) is 13.0 Å². The van der Waals surface area contributed by atoms with Gasteiger partial charge >= 0.3 is 6.09 Å². The minimum Gasteiger partial charge on any atom is -0.465 e. The molecule has 3 heterocycles. The summed E-state index contributed by atoms with van der Waals surface area (Å²) in [6, 6.07) is 4.93. The molecular weight excluding hydrogens is 489 g/mol. The molecule has 1 aliphatic carbocycles. The first-order valence-electron chi connectivity index (χ1n) is 13.6. The van der Waals surface area contributed by atoms with Gasteiger partial charge in [-0.1, -0.05) is 38.2 Å². The van der Waals surface area contributed by atoms with Gasteiger partial charge in [0.2, 0.25) is 0 Å². The number of aromatic amines is 1. The Morgan fingerprint density at radius 1 is 1.11 bits per heavy atom. The Labute approximate surface area is 221 Å². The molecule has 1 aromatic carbocycles. The van der Waals surface area contributed by atoms with Crippen molar-refractivity contribution in [2.45, 2.75) is 57.5 Å². The number of carbonyl (C=O) groups is 2. The molecule has 1 saturated carbocycles. The minimum atomic E-state index is -0.921. The second-order valence-corrected chi connectivity index (χ2v) is 10.5. The predicted octanol–water partition coefficient (Wildman–Crippen LogP) is 4.06. The third kappa shape index (κ3) is 5.67. The summed E-state index contributed by atoms with van der Waals surface area (Å²) in [4.78, 5) is 35.8. The maximum atomic E-state index is 15.7. The van der Waals surface area contributed by atoms with Gasteiger partial charge < -0.3 is 20.3 Å². The van der Waals surface area contributed by atoms with Crippen LogP contribution < -0.4 is 5.32 Å². The number of amides is 2. The summed E-state index contributed by atoms with van der Waals surface area (Å²) in [6.07, 6.45) is 8.41. The number of rotatable bonds is 6. The van der Waals surface area contributed by atoms with Crippen LogP contribution in [0.5, 0.6) is 0 Å². The maximum absolute atomic E-state index is 15.7. The zero-order chi connectivity index (χ0) is 26.6. The van der Waals surface area contributed by atoms with Gasteiger partial charge in [-0.25, -0.2) is 14.2 Å². The SMILES string of the molecule is Cn1nccc1C(=O)NC(c1nc2c(F)c(CN3CCN(C(=O)O)CC3)ccc2[nH]1)C1CCCCCCC1. The number of fused-ring (bicyclic) bond motifs is 1. The summed E-state index contributed by atoms with van der Waals surface area (Å²) in [5.41, 5.74) is 1.86. The summed E-state index contributed by atoms with van der Waals surface area (Å²) < 4.78 is 17.2. The fourth-order valence-electron chi connectivity index (χ4n) is 5.75. The van der Waals surface area contributed by atoms with Crippen molar-refractivity contribution in [1.29, 1.82) is 0 Å². The number of H-pyrrole nitrogens is 1. The molecule has 0 spiro atoms. The van der Waals surface area contributed by atoms with E-state index in [2.05, 4.69) is 20.3 Å². The van der Waals surface area contributed by atoms with E-state index in [-0.39, 0.29) is 29.2 Å². The second kappa shape index (κ2) is 11.5. The Kier molecular flexibility index (Phi) is 7.92. The van der Waals surface area contributed by atoms with Crippen molar-refractivity contribution in [1.82, 2.24) is 34.9 Å². The van der Waals surface area contributed by atoms with Gasteiger partial charge in [-0.15, -0.1) is 0 Å². The van der Waals surface area contributed by atoms with Crippen molar-refractivity contribution < 1.29 is 19.1 Å². The van der Waals surface area contributed by atoms with Gasteiger partial charge in [-0.2, -0.15) is 5.10 Å².